The molecule has 0 spiro atoms. The molecule has 2 atom stereocenters. The predicted octanol–water partition coefficient (Wildman–Crippen LogP) is 2.72. The highest BCUT2D eigenvalue weighted by Crippen LogP contribution is 2.41. The lowest BCUT2D eigenvalue weighted by atomic mass is 9.86. The highest BCUT2D eigenvalue weighted by atomic mass is 19.1. The van der Waals surface area contributed by atoms with E-state index in [1.807, 2.05) is 0 Å². The maximum atomic E-state index is 15.9. The molecule has 1 amide bonds. The summed E-state index contributed by atoms with van der Waals surface area (Å²) >= 11 is 0. The second kappa shape index (κ2) is 7.46. The number of fused-ring (bicyclic) bond motifs is 5. The van der Waals surface area contributed by atoms with Crippen LogP contribution < -0.4 is 10.9 Å². The first kappa shape index (κ1) is 22.2. The molecule has 0 saturated heterocycles. The van der Waals surface area contributed by atoms with Crippen molar-refractivity contribution >= 4 is 22.8 Å². The molecule has 2 aliphatic rings. The average molecular weight is 465 g/mol. The lowest BCUT2D eigenvalue weighted by Crippen LogP contribution is -2.44. The molecular formula is C25H24FN3O5. The zero-order valence-corrected chi connectivity index (χ0v) is 19.3. The number of aromatic nitrogens is 2. The van der Waals surface area contributed by atoms with Crippen LogP contribution in [0.4, 0.5) is 4.39 Å². The van der Waals surface area contributed by atoms with Crippen LogP contribution in [0.3, 0.4) is 0 Å². The number of hydrogen-bond acceptors (Lipinski definition) is 6. The van der Waals surface area contributed by atoms with E-state index in [1.54, 1.807) is 39.0 Å². The standard InChI is InChI=1S/C25H24FN3O5/c1-5-25(33)17-8-18-21-15(9-29(18)23(31)16(17)10-34-24(25)32)20(26)19-11(2)6-7-14(22(19)28-21)12(3)27-13(4)30/h6-8,12,33H,5,9-10H2,1-4H3,(H,27,30)/t12?,25-/m0/s1. The lowest BCUT2D eigenvalue weighted by Gasteiger charge is -2.31. The van der Waals surface area contributed by atoms with Crippen molar-refractivity contribution in [3.05, 3.63) is 62.2 Å². The maximum absolute atomic E-state index is 15.9. The van der Waals surface area contributed by atoms with Crippen LogP contribution in [0.1, 0.15) is 61.1 Å². The number of hydrogen-bond donors (Lipinski definition) is 2. The lowest BCUT2D eigenvalue weighted by molar-refractivity contribution is -0.172. The molecule has 0 radical (unpaired) electrons. The Morgan fingerprint density at radius 1 is 1.35 bits per heavy atom. The zero-order valence-electron chi connectivity index (χ0n) is 19.3. The minimum Gasteiger partial charge on any atom is -0.458 e. The van der Waals surface area contributed by atoms with Gasteiger partial charge in [-0.15, -0.1) is 0 Å². The smallest absolute Gasteiger partial charge is 0.343 e. The number of pyridine rings is 2. The van der Waals surface area contributed by atoms with Gasteiger partial charge in [0.15, 0.2) is 5.60 Å². The van der Waals surface area contributed by atoms with Crippen LogP contribution >= 0.6 is 0 Å². The molecular weight excluding hydrogens is 441 g/mol. The summed E-state index contributed by atoms with van der Waals surface area (Å²) in [6, 6.07) is 4.72. The van der Waals surface area contributed by atoms with E-state index < -0.39 is 29.0 Å². The SMILES string of the molecule is CC[C@@]1(O)C(=O)OCc2c1cc1n(c2=O)Cc2c-1nc1c(C(C)NC(C)=O)ccc(C)c1c2F. The number of halogens is 1. The molecule has 34 heavy (non-hydrogen) atoms. The third-order valence-corrected chi connectivity index (χ3v) is 6.90. The zero-order chi connectivity index (χ0) is 24.5. The third kappa shape index (κ3) is 2.93. The Morgan fingerprint density at radius 2 is 2.09 bits per heavy atom. The van der Waals surface area contributed by atoms with Crippen molar-refractivity contribution in [1.29, 1.82) is 0 Å². The van der Waals surface area contributed by atoms with Crippen LogP contribution in [0, 0.1) is 12.7 Å². The van der Waals surface area contributed by atoms with Crippen LogP contribution in [-0.4, -0.2) is 26.5 Å². The van der Waals surface area contributed by atoms with E-state index in [4.69, 9.17) is 9.72 Å². The van der Waals surface area contributed by atoms with Crippen LogP contribution in [0.5, 0.6) is 0 Å². The fraction of sp³-hybridized carbons (Fsp3) is 0.360. The summed E-state index contributed by atoms with van der Waals surface area (Å²) in [5.41, 5.74) is 0.556. The Balaban J connectivity index is 1.81. The minimum atomic E-state index is -1.96. The number of amides is 1. The van der Waals surface area contributed by atoms with Gasteiger partial charge in [0.1, 0.15) is 12.4 Å². The highest BCUT2D eigenvalue weighted by Gasteiger charge is 2.45. The summed E-state index contributed by atoms with van der Waals surface area (Å²) in [5.74, 6) is -1.52. The molecule has 1 unspecified atom stereocenters. The van der Waals surface area contributed by atoms with Gasteiger partial charge in [0, 0.05) is 29.0 Å². The van der Waals surface area contributed by atoms with E-state index >= 15 is 4.39 Å². The van der Waals surface area contributed by atoms with Gasteiger partial charge in [-0.2, -0.15) is 0 Å². The number of aryl methyl sites for hydroxylation is 1. The Hall–Kier alpha value is -3.59. The van der Waals surface area contributed by atoms with Gasteiger partial charge in [-0.25, -0.2) is 14.2 Å². The van der Waals surface area contributed by atoms with Crippen LogP contribution in [0.2, 0.25) is 0 Å². The van der Waals surface area contributed by atoms with Gasteiger partial charge in [-0.05, 0) is 31.9 Å². The molecule has 0 aliphatic carbocycles. The Bertz CT molecular complexity index is 1480. The van der Waals surface area contributed by atoms with Gasteiger partial charge in [-0.1, -0.05) is 19.1 Å². The van der Waals surface area contributed by atoms with E-state index in [1.165, 1.54) is 11.5 Å². The molecule has 1 aromatic carbocycles. The van der Waals surface area contributed by atoms with Gasteiger partial charge in [-0.3, -0.25) is 9.59 Å². The molecule has 5 rings (SSSR count). The van der Waals surface area contributed by atoms with Gasteiger partial charge in [0.2, 0.25) is 5.91 Å². The van der Waals surface area contributed by atoms with Crippen LogP contribution in [-0.2, 0) is 33.1 Å². The molecule has 8 nitrogen and oxygen atoms in total. The minimum absolute atomic E-state index is 0.0189. The van der Waals surface area contributed by atoms with E-state index in [9.17, 15) is 19.5 Å². The molecule has 176 valence electrons. The number of carbonyl (C=O) groups is 2. The monoisotopic (exact) mass is 465 g/mol. The van der Waals surface area contributed by atoms with Gasteiger partial charge in [0.05, 0.1) is 35.1 Å². The number of ether oxygens (including phenoxy) is 1. The Kier molecular flexibility index (Phi) is 4.87. The molecule has 0 saturated carbocycles. The van der Waals surface area contributed by atoms with E-state index in [0.717, 1.165) is 0 Å². The number of benzene rings is 1. The van der Waals surface area contributed by atoms with E-state index in [2.05, 4.69) is 5.32 Å². The molecule has 4 heterocycles. The van der Waals surface area contributed by atoms with Crippen LogP contribution in [0.15, 0.2) is 23.0 Å². The summed E-state index contributed by atoms with van der Waals surface area (Å²) < 4.78 is 22.4. The largest absolute Gasteiger partial charge is 0.458 e. The third-order valence-electron chi connectivity index (χ3n) is 6.90. The Labute approximate surface area is 194 Å². The number of carbonyl (C=O) groups excluding carboxylic acids is 2. The van der Waals surface area contributed by atoms with Gasteiger partial charge in [0.25, 0.3) is 5.56 Å². The van der Waals surface area contributed by atoms with Gasteiger partial charge < -0.3 is 19.7 Å². The second-order valence-corrected chi connectivity index (χ2v) is 8.97. The molecule has 2 N–H and O–H groups in total. The van der Waals surface area contributed by atoms with E-state index in [-0.39, 0.29) is 47.9 Å². The molecule has 3 aromatic rings. The first-order chi connectivity index (χ1) is 16.1. The fourth-order valence-electron chi connectivity index (χ4n) is 5.04. The maximum Gasteiger partial charge on any atom is 0.343 e. The second-order valence-electron chi connectivity index (χ2n) is 8.97. The van der Waals surface area contributed by atoms with Crippen molar-refractivity contribution in [3.63, 3.8) is 0 Å². The fourth-order valence-corrected chi connectivity index (χ4v) is 5.04. The molecule has 9 heteroatoms. The number of cyclic esters (lactones) is 1. The summed E-state index contributed by atoms with van der Waals surface area (Å²) in [4.78, 5) is 42.1. The average Bonchev–Trinajstić information content (AvgIpc) is 3.16. The van der Waals surface area contributed by atoms with Crippen molar-refractivity contribution in [1.82, 2.24) is 14.9 Å². The first-order valence-corrected chi connectivity index (χ1v) is 11.1. The van der Waals surface area contributed by atoms with Crippen molar-refractivity contribution in [3.8, 4) is 11.4 Å². The number of aliphatic hydroxyl groups is 1. The number of nitrogens with zero attached hydrogens (tertiary/aromatic N) is 2. The van der Waals surface area contributed by atoms with Crippen molar-refractivity contribution in [2.45, 2.75) is 58.9 Å². The molecule has 0 bridgehead atoms. The normalized spacial score (nSPS) is 19.3. The van der Waals surface area contributed by atoms with Crippen molar-refractivity contribution < 1.29 is 23.8 Å². The summed E-state index contributed by atoms with van der Waals surface area (Å²) in [5, 5.41) is 14.2. The Morgan fingerprint density at radius 3 is 2.76 bits per heavy atom. The topological polar surface area (TPSA) is 111 Å². The van der Waals surface area contributed by atoms with Crippen molar-refractivity contribution in [2.75, 3.05) is 0 Å². The quantitative estimate of drug-likeness (QED) is 0.450. The van der Waals surface area contributed by atoms with Crippen LogP contribution in [0.25, 0.3) is 22.3 Å². The summed E-state index contributed by atoms with van der Waals surface area (Å²) in [7, 11) is 0. The number of nitrogens with one attached hydrogen (secondary N) is 1. The van der Waals surface area contributed by atoms with Crippen molar-refractivity contribution in [2.24, 2.45) is 0 Å². The molecule has 0 fully saturated rings. The summed E-state index contributed by atoms with van der Waals surface area (Å²) in [6.07, 6.45) is 0.0195. The van der Waals surface area contributed by atoms with E-state index in [0.29, 0.717) is 27.7 Å². The number of rotatable bonds is 3. The summed E-state index contributed by atoms with van der Waals surface area (Å²) in [6.45, 7) is 6.34. The molecule has 2 aliphatic heterocycles. The predicted molar refractivity (Wildman–Crippen MR) is 121 cm³/mol. The first-order valence-electron chi connectivity index (χ1n) is 11.1. The number of esters is 1. The molecule has 2 aromatic heterocycles. The van der Waals surface area contributed by atoms with Gasteiger partial charge >= 0.3 is 5.97 Å². The highest BCUT2D eigenvalue weighted by molar-refractivity contribution is 5.91.